The largest absolute Gasteiger partial charge is 0.481 e. The van der Waals surface area contributed by atoms with Gasteiger partial charge in [-0.05, 0) is 36.0 Å². The van der Waals surface area contributed by atoms with Crippen LogP contribution in [0.1, 0.15) is 36.3 Å². The Morgan fingerprint density at radius 3 is 2.79 bits per heavy atom. The van der Waals surface area contributed by atoms with E-state index in [0.717, 1.165) is 18.4 Å². The fraction of sp³-hybridized carbons (Fsp3) is 0.500. The third-order valence-corrected chi connectivity index (χ3v) is 3.69. The summed E-state index contributed by atoms with van der Waals surface area (Å²) in [5.41, 5.74) is 1.17. The average molecular weight is 287 g/mol. The minimum atomic E-state index is -0.912. The summed E-state index contributed by atoms with van der Waals surface area (Å²) >= 11 is 5.88. The number of hydrogen-bond acceptors (Lipinski definition) is 2. The third-order valence-electron chi connectivity index (χ3n) is 3.41. The van der Waals surface area contributed by atoms with Gasteiger partial charge in [0.05, 0.1) is 18.1 Å². The minimum Gasteiger partial charge on any atom is -0.481 e. The molecular formula is C14H16ClFO3. The van der Waals surface area contributed by atoms with Gasteiger partial charge in [0, 0.05) is 13.0 Å². The minimum absolute atomic E-state index is 0.0283. The molecule has 0 bridgehead atoms. The fourth-order valence-corrected chi connectivity index (χ4v) is 2.66. The summed E-state index contributed by atoms with van der Waals surface area (Å²) in [4.78, 5) is 10.9. The number of rotatable bonds is 6. The van der Waals surface area contributed by atoms with Crippen molar-refractivity contribution in [3.05, 3.63) is 34.1 Å². The van der Waals surface area contributed by atoms with Crippen LogP contribution in [0.25, 0.3) is 0 Å². The van der Waals surface area contributed by atoms with E-state index in [1.807, 2.05) is 0 Å². The molecule has 1 aliphatic carbocycles. The van der Waals surface area contributed by atoms with Gasteiger partial charge in [0.15, 0.2) is 0 Å². The number of methoxy groups -OCH3 is 1. The van der Waals surface area contributed by atoms with Crippen molar-refractivity contribution in [2.75, 3.05) is 7.11 Å². The number of halogens is 2. The second kappa shape index (κ2) is 5.88. The zero-order valence-corrected chi connectivity index (χ0v) is 11.4. The van der Waals surface area contributed by atoms with Crippen LogP contribution in [-0.4, -0.2) is 18.2 Å². The molecule has 0 amide bonds. The lowest BCUT2D eigenvalue weighted by atomic mass is 9.89. The van der Waals surface area contributed by atoms with Crippen LogP contribution >= 0.6 is 11.6 Å². The highest BCUT2D eigenvalue weighted by Crippen LogP contribution is 2.46. The number of carboxylic acid groups (broad SMARTS) is 1. The Balaban J connectivity index is 2.36. The van der Waals surface area contributed by atoms with Crippen LogP contribution in [0, 0.1) is 11.7 Å². The molecule has 104 valence electrons. The van der Waals surface area contributed by atoms with Gasteiger partial charge in [0.1, 0.15) is 5.82 Å². The molecule has 0 saturated heterocycles. The highest BCUT2D eigenvalue weighted by Gasteiger charge is 2.35. The zero-order chi connectivity index (χ0) is 14.0. The van der Waals surface area contributed by atoms with E-state index in [1.54, 1.807) is 13.2 Å². The number of aliphatic carboxylic acids is 1. The molecule has 1 saturated carbocycles. The van der Waals surface area contributed by atoms with Gasteiger partial charge in [0.25, 0.3) is 0 Å². The molecule has 0 radical (unpaired) electrons. The van der Waals surface area contributed by atoms with Gasteiger partial charge in [-0.3, -0.25) is 4.79 Å². The van der Waals surface area contributed by atoms with E-state index in [9.17, 15) is 9.18 Å². The maximum atomic E-state index is 14.1. The van der Waals surface area contributed by atoms with Gasteiger partial charge in [-0.15, -0.1) is 0 Å². The Kier molecular flexibility index (Phi) is 4.42. The maximum absolute atomic E-state index is 14.1. The van der Waals surface area contributed by atoms with Crippen LogP contribution in [0.4, 0.5) is 4.39 Å². The molecule has 1 atom stereocenters. The third kappa shape index (κ3) is 3.45. The standard InChI is InChI=1S/C14H16ClFO3/c1-19-7-8-4-11(14(16)12(15)5-8)10(6-13(17)18)9-2-3-9/h4-5,9-10H,2-3,6-7H2,1H3,(H,17,18). The summed E-state index contributed by atoms with van der Waals surface area (Å²) in [7, 11) is 1.55. The summed E-state index contributed by atoms with van der Waals surface area (Å²) in [5, 5.41) is 9.00. The van der Waals surface area contributed by atoms with E-state index in [-0.39, 0.29) is 23.3 Å². The normalized spacial score (nSPS) is 16.4. The second-order valence-electron chi connectivity index (χ2n) is 4.96. The van der Waals surface area contributed by atoms with Crippen molar-refractivity contribution in [3.63, 3.8) is 0 Å². The van der Waals surface area contributed by atoms with Gasteiger partial charge in [-0.25, -0.2) is 4.39 Å². The topological polar surface area (TPSA) is 46.5 Å². The van der Waals surface area contributed by atoms with Gasteiger partial charge in [0.2, 0.25) is 0 Å². The van der Waals surface area contributed by atoms with Crippen molar-refractivity contribution in [2.24, 2.45) is 5.92 Å². The first-order chi connectivity index (χ1) is 9.02. The molecule has 5 heteroatoms. The molecule has 1 unspecified atom stereocenters. The molecule has 1 aliphatic rings. The van der Waals surface area contributed by atoms with Gasteiger partial charge in [-0.2, -0.15) is 0 Å². The van der Waals surface area contributed by atoms with Crippen molar-refractivity contribution in [3.8, 4) is 0 Å². The number of benzene rings is 1. The molecule has 0 aromatic heterocycles. The van der Waals surface area contributed by atoms with Crippen LogP contribution in [0.2, 0.25) is 5.02 Å². The molecule has 0 spiro atoms. The molecule has 0 heterocycles. The summed E-state index contributed by atoms with van der Waals surface area (Å²) in [6.45, 7) is 0.331. The maximum Gasteiger partial charge on any atom is 0.303 e. The Labute approximate surface area is 116 Å². The van der Waals surface area contributed by atoms with E-state index in [4.69, 9.17) is 21.4 Å². The number of carboxylic acids is 1. The average Bonchev–Trinajstić information content (AvgIpc) is 3.15. The van der Waals surface area contributed by atoms with Crippen molar-refractivity contribution in [1.82, 2.24) is 0 Å². The monoisotopic (exact) mass is 286 g/mol. The van der Waals surface area contributed by atoms with E-state index in [0.29, 0.717) is 12.2 Å². The van der Waals surface area contributed by atoms with Crippen molar-refractivity contribution in [2.45, 2.75) is 31.8 Å². The van der Waals surface area contributed by atoms with Crippen LogP contribution in [-0.2, 0) is 16.1 Å². The predicted molar refractivity (Wildman–Crippen MR) is 69.8 cm³/mol. The molecule has 1 fully saturated rings. The lowest BCUT2D eigenvalue weighted by Gasteiger charge is -2.17. The molecule has 1 N–H and O–H groups in total. The fourth-order valence-electron chi connectivity index (χ4n) is 2.41. The first kappa shape index (κ1) is 14.3. The Morgan fingerprint density at radius 1 is 1.58 bits per heavy atom. The summed E-state index contributed by atoms with van der Waals surface area (Å²) in [5.74, 6) is -1.46. The molecule has 19 heavy (non-hydrogen) atoms. The van der Waals surface area contributed by atoms with Crippen molar-refractivity contribution in [1.29, 1.82) is 0 Å². The lowest BCUT2D eigenvalue weighted by Crippen LogP contribution is -2.11. The van der Waals surface area contributed by atoms with Crippen molar-refractivity contribution < 1.29 is 19.0 Å². The van der Waals surface area contributed by atoms with E-state index in [2.05, 4.69) is 0 Å². The smallest absolute Gasteiger partial charge is 0.303 e. The highest BCUT2D eigenvalue weighted by molar-refractivity contribution is 6.30. The van der Waals surface area contributed by atoms with Gasteiger partial charge >= 0.3 is 5.97 Å². The first-order valence-corrected chi connectivity index (χ1v) is 6.59. The van der Waals surface area contributed by atoms with E-state index >= 15 is 0 Å². The quantitative estimate of drug-likeness (QED) is 0.869. The number of carbonyl (C=O) groups is 1. The zero-order valence-electron chi connectivity index (χ0n) is 10.7. The molecule has 2 rings (SSSR count). The van der Waals surface area contributed by atoms with Crippen molar-refractivity contribution >= 4 is 17.6 Å². The molecule has 0 aliphatic heterocycles. The van der Waals surface area contributed by atoms with Crippen LogP contribution in [0.5, 0.6) is 0 Å². The van der Waals surface area contributed by atoms with E-state index in [1.165, 1.54) is 6.07 Å². The number of ether oxygens (including phenoxy) is 1. The first-order valence-electron chi connectivity index (χ1n) is 6.21. The highest BCUT2D eigenvalue weighted by atomic mass is 35.5. The van der Waals surface area contributed by atoms with Crippen LogP contribution in [0.15, 0.2) is 12.1 Å². The molecule has 1 aromatic carbocycles. The summed E-state index contributed by atoms with van der Waals surface area (Å²) < 4.78 is 19.2. The lowest BCUT2D eigenvalue weighted by molar-refractivity contribution is -0.137. The Morgan fingerprint density at radius 2 is 2.26 bits per heavy atom. The Bertz CT molecular complexity index is 486. The van der Waals surface area contributed by atoms with Crippen LogP contribution in [0.3, 0.4) is 0 Å². The molecule has 3 nitrogen and oxygen atoms in total. The van der Waals surface area contributed by atoms with Gasteiger partial charge in [-0.1, -0.05) is 17.7 Å². The summed E-state index contributed by atoms with van der Waals surface area (Å²) in [6, 6.07) is 3.20. The SMILES string of the molecule is COCc1cc(Cl)c(F)c(C(CC(=O)O)C2CC2)c1. The van der Waals surface area contributed by atoms with Gasteiger partial charge < -0.3 is 9.84 Å². The molecular weight excluding hydrogens is 271 g/mol. The Hall–Kier alpha value is -1.13. The summed E-state index contributed by atoms with van der Waals surface area (Å²) in [6.07, 6.45) is 1.83. The van der Waals surface area contributed by atoms with Crippen LogP contribution < -0.4 is 0 Å². The molecule has 1 aromatic rings. The number of hydrogen-bond donors (Lipinski definition) is 1. The second-order valence-corrected chi connectivity index (χ2v) is 5.36. The predicted octanol–water partition coefficient (Wildman–Crippen LogP) is 3.59. The van der Waals surface area contributed by atoms with E-state index < -0.39 is 11.8 Å².